The van der Waals surface area contributed by atoms with Crippen molar-refractivity contribution in [3.8, 4) is 5.75 Å². The Morgan fingerprint density at radius 1 is 1.53 bits per heavy atom. The molecular formula is C10H11F2N3O4. The van der Waals surface area contributed by atoms with E-state index in [-0.39, 0.29) is 5.69 Å². The van der Waals surface area contributed by atoms with Crippen LogP contribution in [0, 0.1) is 10.1 Å². The Hall–Kier alpha value is -2.45. The smallest absolute Gasteiger partial charge is 0.387 e. The molecule has 0 heterocycles. The zero-order valence-electron chi connectivity index (χ0n) is 9.80. The predicted octanol–water partition coefficient (Wildman–Crippen LogP) is 1.48. The fraction of sp³-hybridized carbons (Fsp3) is 0.300. The van der Waals surface area contributed by atoms with Gasteiger partial charge in [0, 0.05) is 17.8 Å². The van der Waals surface area contributed by atoms with Crippen LogP contribution in [0.2, 0.25) is 0 Å². The van der Waals surface area contributed by atoms with Gasteiger partial charge in [-0.05, 0) is 13.0 Å². The molecule has 0 aliphatic heterocycles. The largest absolute Gasteiger partial charge is 0.427 e. The number of anilines is 1. The zero-order valence-corrected chi connectivity index (χ0v) is 9.80. The number of carbonyl (C=O) groups is 1. The second-order valence-corrected chi connectivity index (χ2v) is 3.59. The Morgan fingerprint density at radius 2 is 2.16 bits per heavy atom. The van der Waals surface area contributed by atoms with E-state index < -0.39 is 34.9 Å². The molecule has 1 rings (SSSR count). The van der Waals surface area contributed by atoms with E-state index in [0.29, 0.717) is 0 Å². The minimum absolute atomic E-state index is 0.201. The summed E-state index contributed by atoms with van der Waals surface area (Å²) in [7, 11) is 0. The summed E-state index contributed by atoms with van der Waals surface area (Å²) >= 11 is 0. The lowest BCUT2D eigenvalue weighted by Gasteiger charge is -2.13. The van der Waals surface area contributed by atoms with Crippen LogP contribution < -0.4 is 15.8 Å². The van der Waals surface area contributed by atoms with Crippen LogP contribution in [0.15, 0.2) is 18.2 Å². The van der Waals surface area contributed by atoms with Crippen molar-refractivity contribution < 1.29 is 23.2 Å². The van der Waals surface area contributed by atoms with Gasteiger partial charge in [0.15, 0.2) is 0 Å². The Kier molecular flexibility index (Phi) is 4.56. The molecule has 0 aliphatic carbocycles. The zero-order chi connectivity index (χ0) is 14.6. The van der Waals surface area contributed by atoms with Crippen molar-refractivity contribution in [2.45, 2.75) is 19.6 Å². The van der Waals surface area contributed by atoms with Crippen LogP contribution in [-0.2, 0) is 4.79 Å². The molecule has 9 heteroatoms. The molecule has 19 heavy (non-hydrogen) atoms. The molecule has 1 unspecified atom stereocenters. The third-order valence-corrected chi connectivity index (χ3v) is 2.18. The first kappa shape index (κ1) is 14.6. The highest BCUT2D eigenvalue weighted by molar-refractivity contribution is 5.82. The Balaban J connectivity index is 3.03. The van der Waals surface area contributed by atoms with Gasteiger partial charge in [0.1, 0.15) is 6.04 Å². The van der Waals surface area contributed by atoms with Crippen molar-refractivity contribution in [2.24, 2.45) is 5.73 Å². The summed E-state index contributed by atoms with van der Waals surface area (Å²) < 4.78 is 28.4. The van der Waals surface area contributed by atoms with Crippen LogP contribution >= 0.6 is 0 Å². The second-order valence-electron chi connectivity index (χ2n) is 3.59. The number of benzene rings is 1. The number of nitrogens with two attached hydrogens (primary N) is 1. The van der Waals surface area contributed by atoms with Crippen LogP contribution in [0.4, 0.5) is 20.2 Å². The summed E-state index contributed by atoms with van der Waals surface area (Å²) in [6.07, 6.45) is 0. The summed E-state index contributed by atoms with van der Waals surface area (Å²) in [5, 5.41) is 13.2. The normalized spacial score (nSPS) is 12.0. The number of nitro benzene ring substituents is 1. The van der Waals surface area contributed by atoms with Crippen molar-refractivity contribution in [3.05, 3.63) is 28.3 Å². The fourth-order valence-electron chi connectivity index (χ4n) is 1.27. The van der Waals surface area contributed by atoms with Crippen LogP contribution in [0.25, 0.3) is 0 Å². The van der Waals surface area contributed by atoms with Crippen LogP contribution in [0.3, 0.4) is 0 Å². The highest BCUT2D eigenvalue weighted by atomic mass is 19.3. The monoisotopic (exact) mass is 275 g/mol. The minimum atomic E-state index is -3.19. The molecule has 0 saturated carbocycles. The van der Waals surface area contributed by atoms with E-state index in [0.717, 1.165) is 12.1 Å². The summed E-state index contributed by atoms with van der Waals surface area (Å²) in [5.41, 5.74) is 4.62. The number of halogens is 2. The topological polar surface area (TPSA) is 107 Å². The standard InChI is InChI=1S/C10H11F2N3O4/c1-5(9(13)16)14-6-2-3-7(15(17)18)8(4-6)19-10(11)12/h2-5,10,14H,1H3,(H2,13,16). The number of hydrogen-bond acceptors (Lipinski definition) is 5. The molecule has 3 N–H and O–H groups in total. The van der Waals surface area contributed by atoms with E-state index >= 15 is 0 Å². The molecule has 7 nitrogen and oxygen atoms in total. The van der Waals surface area contributed by atoms with E-state index in [9.17, 15) is 23.7 Å². The third kappa shape index (κ3) is 4.05. The summed E-state index contributed by atoms with van der Waals surface area (Å²) in [6, 6.07) is 2.49. The van der Waals surface area contributed by atoms with Gasteiger partial charge < -0.3 is 15.8 Å². The lowest BCUT2D eigenvalue weighted by atomic mass is 10.2. The minimum Gasteiger partial charge on any atom is -0.427 e. The van der Waals surface area contributed by atoms with Crippen molar-refractivity contribution in [2.75, 3.05) is 5.32 Å². The SMILES string of the molecule is CC(Nc1ccc([N+](=O)[O-])c(OC(F)F)c1)C(N)=O. The number of ether oxygens (including phenoxy) is 1. The van der Waals surface area contributed by atoms with Crippen LogP contribution in [0.5, 0.6) is 5.75 Å². The van der Waals surface area contributed by atoms with Gasteiger partial charge in [0.05, 0.1) is 4.92 Å². The van der Waals surface area contributed by atoms with Gasteiger partial charge in [-0.2, -0.15) is 8.78 Å². The van der Waals surface area contributed by atoms with Gasteiger partial charge in [-0.1, -0.05) is 0 Å². The molecule has 0 bridgehead atoms. The molecule has 1 aromatic rings. The number of hydrogen-bond donors (Lipinski definition) is 2. The first-order valence-electron chi connectivity index (χ1n) is 5.10. The molecule has 0 fully saturated rings. The highest BCUT2D eigenvalue weighted by Crippen LogP contribution is 2.31. The quantitative estimate of drug-likeness (QED) is 0.604. The van der Waals surface area contributed by atoms with Gasteiger partial charge >= 0.3 is 12.3 Å². The average Bonchev–Trinajstić information content (AvgIpc) is 2.27. The summed E-state index contributed by atoms with van der Waals surface area (Å²) in [5.74, 6) is -1.25. The summed E-state index contributed by atoms with van der Waals surface area (Å²) in [4.78, 5) is 20.6. The molecule has 0 radical (unpaired) electrons. The third-order valence-electron chi connectivity index (χ3n) is 2.18. The van der Waals surface area contributed by atoms with E-state index in [1.807, 2.05) is 0 Å². The molecule has 1 atom stereocenters. The number of carbonyl (C=O) groups excluding carboxylic acids is 1. The maximum absolute atomic E-state index is 12.1. The Morgan fingerprint density at radius 3 is 2.63 bits per heavy atom. The first-order valence-corrected chi connectivity index (χ1v) is 5.10. The van der Waals surface area contributed by atoms with Crippen molar-refractivity contribution in [3.63, 3.8) is 0 Å². The first-order chi connectivity index (χ1) is 8.81. The van der Waals surface area contributed by atoms with Gasteiger partial charge in [-0.15, -0.1) is 0 Å². The Labute approximate surface area is 106 Å². The van der Waals surface area contributed by atoms with Crippen molar-refractivity contribution >= 4 is 17.3 Å². The number of nitro groups is 1. The number of nitrogens with one attached hydrogen (secondary N) is 1. The molecule has 1 amide bonds. The predicted molar refractivity (Wildman–Crippen MR) is 62.0 cm³/mol. The highest BCUT2D eigenvalue weighted by Gasteiger charge is 2.20. The van der Waals surface area contributed by atoms with Gasteiger partial charge in [-0.25, -0.2) is 0 Å². The van der Waals surface area contributed by atoms with E-state index in [1.54, 1.807) is 0 Å². The molecule has 0 saturated heterocycles. The number of amides is 1. The fourth-order valence-corrected chi connectivity index (χ4v) is 1.27. The number of nitrogens with zero attached hydrogens (tertiary/aromatic N) is 1. The molecule has 0 spiro atoms. The number of rotatable bonds is 6. The molecular weight excluding hydrogens is 264 g/mol. The molecule has 0 aromatic heterocycles. The Bertz CT molecular complexity index is 496. The number of primary amides is 1. The van der Waals surface area contributed by atoms with Gasteiger partial charge in [0.2, 0.25) is 11.7 Å². The van der Waals surface area contributed by atoms with E-state index in [2.05, 4.69) is 10.1 Å². The lowest BCUT2D eigenvalue weighted by molar-refractivity contribution is -0.386. The van der Waals surface area contributed by atoms with Crippen molar-refractivity contribution in [1.29, 1.82) is 0 Å². The molecule has 1 aromatic carbocycles. The summed E-state index contributed by atoms with van der Waals surface area (Å²) in [6.45, 7) is -1.74. The van der Waals surface area contributed by atoms with Crippen LogP contribution in [0.1, 0.15) is 6.92 Å². The lowest BCUT2D eigenvalue weighted by Crippen LogP contribution is -2.32. The van der Waals surface area contributed by atoms with E-state index in [4.69, 9.17) is 5.73 Å². The average molecular weight is 275 g/mol. The maximum atomic E-state index is 12.1. The van der Waals surface area contributed by atoms with Gasteiger partial charge in [0.25, 0.3) is 0 Å². The molecule has 0 aliphatic rings. The van der Waals surface area contributed by atoms with Gasteiger partial charge in [-0.3, -0.25) is 14.9 Å². The number of alkyl halides is 2. The molecule has 104 valence electrons. The van der Waals surface area contributed by atoms with Crippen LogP contribution in [-0.4, -0.2) is 23.5 Å². The van der Waals surface area contributed by atoms with Crippen molar-refractivity contribution in [1.82, 2.24) is 0 Å². The maximum Gasteiger partial charge on any atom is 0.387 e. The van der Waals surface area contributed by atoms with E-state index in [1.165, 1.54) is 13.0 Å². The second kappa shape index (κ2) is 5.94.